The number of aliphatic hydroxyl groups is 1. The van der Waals surface area contributed by atoms with Gasteiger partial charge in [-0.05, 0) is 23.8 Å². The van der Waals surface area contributed by atoms with Crippen molar-refractivity contribution in [3.05, 3.63) is 54.1 Å². The Bertz CT molecular complexity index is 706. The monoisotopic (exact) mass is 301 g/mol. The first kappa shape index (κ1) is 13.8. The van der Waals surface area contributed by atoms with Gasteiger partial charge in [-0.1, -0.05) is 23.9 Å². The zero-order chi connectivity index (χ0) is 14.7. The third-order valence-electron chi connectivity index (χ3n) is 3.14. The van der Waals surface area contributed by atoms with Crippen LogP contribution in [0.15, 0.2) is 47.9 Å². The molecule has 0 spiro atoms. The van der Waals surface area contributed by atoms with Gasteiger partial charge in [0.2, 0.25) is 0 Å². The smallest absolute Gasteiger partial charge is 0.191 e. The maximum atomic E-state index is 9.10. The second-order valence-electron chi connectivity index (χ2n) is 4.52. The highest BCUT2D eigenvalue weighted by atomic mass is 32.2. The van der Waals surface area contributed by atoms with E-state index in [0.29, 0.717) is 5.82 Å². The van der Waals surface area contributed by atoms with Gasteiger partial charge in [0.05, 0.1) is 5.69 Å². The molecule has 0 unspecified atom stereocenters. The van der Waals surface area contributed by atoms with Crippen LogP contribution in [0.5, 0.6) is 0 Å². The molecule has 1 aromatic carbocycles. The number of hydrogen-bond acceptors (Lipinski definition) is 5. The minimum Gasteiger partial charge on any atom is -0.388 e. The van der Waals surface area contributed by atoms with E-state index in [1.165, 1.54) is 5.56 Å². The van der Waals surface area contributed by atoms with E-state index in [2.05, 4.69) is 27.4 Å². The summed E-state index contributed by atoms with van der Waals surface area (Å²) >= 11 is 1.60. The first-order chi connectivity index (χ1) is 10.3. The molecule has 2 heterocycles. The van der Waals surface area contributed by atoms with Crippen LogP contribution >= 0.6 is 11.8 Å². The average Bonchev–Trinajstić information content (AvgIpc) is 3.16. The lowest BCUT2D eigenvalue weighted by atomic mass is 10.2. The lowest BCUT2D eigenvalue weighted by Crippen LogP contribution is -1.98. The highest BCUT2D eigenvalue weighted by molar-refractivity contribution is 7.98. The number of benzene rings is 1. The van der Waals surface area contributed by atoms with Crippen molar-refractivity contribution in [1.82, 2.24) is 24.5 Å². The molecule has 0 aliphatic carbocycles. The van der Waals surface area contributed by atoms with Gasteiger partial charge in [-0.25, -0.2) is 4.68 Å². The van der Waals surface area contributed by atoms with Gasteiger partial charge >= 0.3 is 0 Å². The first-order valence-electron chi connectivity index (χ1n) is 6.49. The van der Waals surface area contributed by atoms with Gasteiger partial charge in [0, 0.05) is 25.2 Å². The molecule has 0 atom stereocenters. The molecule has 0 saturated carbocycles. The van der Waals surface area contributed by atoms with Crippen molar-refractivity contribution in [3.8, 4) is 5.69 Å². The van der Waals surface area contributed by atoms with Crippen molar-refractivity contribution in [3.63, 3.8) is 0 Å². The van der Waals surface area contributed by atoms with Crippen LogP contribution in [0.2, 0.25) is 0 Å². The molecule has 21 heavy (non-hydrogen) atoms. The highest BCUT2D eigenvalue weighted by Crippen LogP contribution is 2.21. The van der Waals surface area contributed by atoms with Gasteiger partial charge in [0.25, 0.3) is 0 Å². The molecule has 0 radical (unpaired) electrons. The molecule has 2 aromatic heterocycles. The maximum absolute atomic E-state index is 9.10. The number of aliphatic hydroxyl groups excluding tert-OH is 1. The summed E-state index contributed by atoms with van der Waals surface area (Å²) in [6, 6.07) is 10.1. The number of hydrogen-bond donors (Lipinski definition) is 1. The Balaban J connectivity index is 1.67. The predicted molar refractivity (Wildman–Crippen MR) is 80.1 cm³/mol. The molecule has 3 aromatic rings. The van der Waals surface area contributed by atoms with Gasteiger partial charge < -0.3 is 9.67 Å². The highest BCUT2D eigenvalue weighted by Gasteiger charge is 2.08. The molecule has 108 valence electrons. The molecule has 0 bridgehead atoms. The summed E-state index contributed by atoms with van der Waals surface area (Å²) in [6.45, 7) is -0.0946. The fourth-order valence-electron chi connectivity index (χ4n) is 1.92. The van der Waals surface area contributed by atoms with E-state index in [-0.39, 0.29) is 6.61 Å². The van der Waals surface area contributed by atoms with Crippen molar-refractivity contribution in [2.45, 2.75) is 17.5 Å². The van der Waals surface area contributed by atoms with E-state index in [9.17, 15) is 0 Å². The van der Waals surface area contributed by atoms with Crippen LogP contribution in [-0.4, -0.2) is 29.7 Å². The van der Waals surface area contributed by atoms with Crippen molar-refractivity contribution in [2.75, 3.05) is 0 Å². The molecule has 0 fully saturated rings. The normalized spacial score (nSPS) is 11.0. The molecule has 0 aliphatic rings. The first-order valence-corrected chi connectivity index (χ1v) is 7.47. The van der Waals surface area contributed by atoms with Crippen molar-refractivity contribution in [2.24, 2.45) is 7.05 Å². The third kappa shape index (κ3) is 2.98. The van der Waals surface area contributed by atoms with Crippen molar-refractivity contribution in [1.29, 1.82) is 0 Å². The Morgan fingerprint density at radius 3 is 2.62 bits per heavy atom. The Labute approximate surface area is 126 Å². The summed E-state index contributed by atoms with van der Waals surface area (Å²) < 4.78 is 3.63. The Morgan fingerprint density at radius 2 is 2.00 bits per heavy atom. The average molecular weight is 301 g/mol. The van der Waals surface area contributed by atoms with Crippen LogP contribution in [-0.2, 0) is 19.4 Å². The summed E-state index contributed by atoms with van der Waals surface area (Å²) in [6.07, 6.45) is 3.68. The van der Waals surface area contributed by atoms with E-state index >= 15 is 0 Å². The van der Waals surface area contributed by atoms with Crippen LogP contribution < -0.4 is 0 Å². The quantitative estimate of drug-likeness (QED) is 0.728. The lowest BCUT2D eigenvalue weighted by molar-refractivity contribution is 0.266. The fraction of sp³-hybridized carbons (Fsp3) is 0.214. The van der Waals surface area contributed by atoms with Crippen LogP contribution in [0.4, 0.5) is 0 Å². The minimum absolute atomic E-state index is 0.0946. The fourth-order valence-corrected chi connectivity index (χ4v) is 2.81. The van der Waals surface area contributed by atoms with E-state index in [0.717, 1.165) is 16.6 Å². The van der Waals surface area contributed by atoms with E-state index in [1.807, 2.05) is 40.7 Å². The van der Waals surface area contributed by atoms with Crippen molar-refractivity contribution >= 4 is 11.8 Å². The molecule has 7 heteroatoms. The van der Waals surface area contributed by atoms with Gasteiger partial charge in [-0.15, -0.1) is 10.2 Å². The van der Waals surface area contributed by atoms with Crippen LogP contribution in [0.3, 0.4) is 0 Å². The topological polar surface area (TPSA) is 68.8 Å². The Hall–Kier alpha value is -2.12. The van der Waals surface area contributed by atoms with Gasteiger partial charge in [0.1, 0.15) is 6.61 Å². The van der Waals surface area contributed by atoms with Gasteiger partial charge in [-0.3, -0.25) is 0 Å². The van der Waals surface area contributed by atoms with Crippen LogP contribution in [0.25, 0.3) is 5.69 Å². The third-order valence-corrected chi connectivity index (χ3v) is 4.23. The zero-order valence-electron chi connectivity index (χ0n) is 11.5. The largest absolute Gasteiger partial charge is 0.388 e. The summed E-state index contributed by atoms with van der Waals surface area (Å²) in [5.74, 6) is 1.38. The molecule has 1 N–H and O–H groups in total. The van der Waals surface area contributed by atoms with Crippen LogP contribution in [0.1, 0.15) is 11.4 Å². The second-order valence-corrected chi connectivity index (χ2v) is 5.46. The lowest BCUT2D eigenvalue weighted by Gasteiger charge is -2.05. The number of thioether (sulfide) groups is 1. The standard InChI is InChI=1S/C14H15N5OS/c1-18-13(9-20)16-17-14(18)21-10-11-3-5-12(6-4-11)19-8-2-7-15-19/h2-8,20H,9-10H2,1H3. The molecule has 0 aliphatic heterocycles. The molecule has 0 amide bonds. The molecule has 3 rings (SSSR count). The molecule has 0 saturated heterocycles. The van der Waals surface area contributed by atoms with Gasteiger partial charge in [0.15, 0.2) is 11.0 Å². The molecular weight excluding hydrogens is 286 g/mol. The van der Waals surface area contributed by atoms with E-state index in [1.54, 1.807) is 18.0 Å². The molecular formula is C14H15N5OS. The minimum atomic E-state index is -0.0946. The Kier molecular flexibility index (Phi) is 4.03. The number of rotatable bonds is 5. The second kappa shape index (κ2) is 6.11. The Morgan fingerprint density at radius 1 is 1.19 bits per heavy atom. The summed E-state index contributed by atoms with van der Waals surface area (Å²) in [4.78, 5) is 0. The van der Waals surface area contributed by atoms with E-state index in [4.69, 9.17) is 5.11 Å². The summed E-state index contributed by atoms with van der Waals surface area (Å²) in [5.41, 5.74) is 2.24. The van der Waals surface area contributed by atoms with Crippen molar-refractivity contribution < 1.29 is 5.11 Å². The SMILES string of the molecule is Cn1c(CO)nnc1SCc1ccc(-n2cccn2)cc1. The van der Waals surface area contributed by atoms with Crippen LogP contribution in [0, 0.1) is 0 Å². The van der Waals surface area contributed by atoms with E-state index < -0.39 is 0 Å². The zero-order valence-corrected chi connectivity index (χ0v) is 12.4. The number of nitrogens with zero attached hydrogens (tertiary/aromatic N) is 5. The predicted octanol–water partition coefficient (Wildman–Crippen LogP) is 1.79. The summed E-state index contributed by atoms with van der Waals surface area (Å²) in [7, 11) is 1.86. The number of aromatic nitrogens is 5. The molecule has 6 nitrogen and oxygen atoms in total. The maximum Gasteiger partial charge on any atom is 0.191 e. The summed E-state index contributed by atoms with van der Waals surface area (Å²) in [5, 5.41) is 22.1. The van der Waals surface area contributed by atoms with Gasteiger partial charge in [-0.2, -0.15) is 5.10 Å².